The van der Waals surface area contributed by atoms with Crippen molar-refractivity contribution in [2.75, 3.05) is 19.7 Å². The van der Waals surface area contributed by atoms with Crippen molar-refractivity contribution in [1.82, 2.24) is 14.5 Å². The van der Waals surface area contributed by atoms with Crippen LogP contribution in [-0.2, 0) is 13.1 Å². The molecule has 2 heterocycles. The first-order valence-corrected chi connectivity index (χ1v) is 7.48. The molecule has 1 saturated heterocycles. The topological polar surface area (TPSA) is 41.3 Å². The minimum atomic E-state index is 0.158. The molecule has 3 rings (SSSR count). The number of aliphatic hydroxyl groups is 1. The highest BCUT2D eigenvalue weighted by Crippen LogP contribution is 2.22. The number of likely N-dealkylation sites (tertiary alicyclic amines) is 1. The molecule has 0 amide bonds. The Hall–Kier alpha value is -1.39. The van der Waals surface area contributed by atoms with Crippen LogP contribution in [0.3, 0.4) is 0 Å². The Labute approximate surface area is 120 Å². The second-order valence-electron chi connectivity index (χ2n) is 5.81. The summed E-state index contributed by atoms with van der Waals surface area (Å²) in [6, 6.07) is 4.35. The molecule has 0 radical (unpaired) electrons. The standard InChI is InChI=1S/C16H23N3O/c1-12-9-14-15(10-13(12)2)19(7-8-20)16(17-14)11-18-5-3-4-6-18/h9-10,20H,3-8,11H2,1-2H3. The summed E-state index contributed by atoms with van der Waals surface area (Å²) in [6.45, 7) is 8.27. The number of nitrogens with zero attached hydrogens (tertiary/aromatic N) is 3. The second kappa shape index (κ2) is 5.54. The molecule has 0 bridgehead atoms. The van der Waals surface area contributed by atoms with Crippen molar-refractivity contribution < 1.29 is 5.11 Å². The van der Waals surface area contributed by atoms with Crippen molar-refractivity contribution in [3.05, 3.63) is 29.1 Å². The normalized spacial score (nSPS) is 16.4. The molecule has 4 nitrogen and oxygen atoms in total. The first-order valence-electron chi connectivity index (χ1n) is 7.48. The van der Waals surface area contributed by atoms with E-state index in [-0.39, 0.29) is 6.61 Å². The average Bonchev–Trinajstić information content (AvgIpc) is 3.02. The Morgan fingerprint density at radius 1 is 1.15 bits per heavy atom. The van der Waals surface area contributed by atoms with Gasteiger partial charge in [-0.2, -0.15) is 0 Å². The third-order valence-corrected chi connectivity index (χ3v) is 4.33. The van der Waals surface area contributed by atoms with E-state index in [0.717, 1.165) is 23.4 Å². The van der Waals surface area contributed by atoms with Crippen LogP contribution in [0.15, 0.2) is 12.1 Å². The van der Waals surface area contributed by atoms with Crippen molar-refractivity contribution >= 4 is 11.0 Å². The van der Waals surface area contributed by atoms with Gasteiger partial charge in [-0.1, -0.05) is 0 Å². The molecule has 0 saturated carbocycles. The van der Waals surface area contributed by atoms with Gasteiger partial charge in [0.2, 0.25) is 0 Å². The number of benzene rings is 1. The molecule has 1 N–H and O–H groups in total. The molecule has 1 aliphatic heterocycles. The van der Waals surface area contributed by atoms with Gasteiger partial charge in [-0.15, -0.1) is 0 Å². The fourth-order valence-corrected chi connectivity index (χ4v) is 3.04. The van der Waals surface area contributed by atoms with Crippen molar-refractivity contribution in [1.29, 1.82) is 0 Å². The molecular weight excluding hydrogens is 250 g/mol. The van der Waals surface area contributed by atoms with Gasteiger partial charge in [-0.25, -0.2) is 4.98 Å². The minimum absolute atomic E-state index is 0.158. The lowest BCUT2D eigenvalue weighted by atomic mass is 10.1. The maximum absolute atomic E-state index is 9.34. The van der Waals surface area contributed by atoms with Gasteiger partial charge in [0.1, 0.15) is 5.82 Å². The van der Waals surface area contributed by atoms with E-state index < -0.39 is 0 Å². The zero-order valence-corrected chi connectivity index (χ0v) is 12.4. The number of aromatic nitrogens is 2. The Kier molecular flexibility index (Phi) is 3.76. The zero-order chi connectivity index (χ0) is 14.1. The third kappa shape index (κ3) is 2.45. The van der Waals surface area contributed by atoms with Gasteiger partial charge in [0.25, 0.3) is 0 Å². The maximum Gasteiger partial charge on any atom is 0.124 e. The van der Waals surface area contributed by atoms with E-state index >= 15 is 0 Å². The fourth-order valence-electron chi connectivity index (χ4n) is 3.04. The van der Waals surface area contributed by atoms with Crippen LogP contribution in [0, 0.1) is 13.8 Å². The lowest BCUT2D eigenvalue weighted by Crippen LogP contribution is -2.21. The maximum atomic E-state index is 9.34. The van der Waals surface area contributed by atoms with Crippen LogP contribution in [0.1, 0.15) is 29.8 Å². The van der Waals surface area contributed by atoms with Crippen molar-refractivity contribution in [3.63, 3.8) is 0 Å². The molecule has 1 aliphatic rings. The molecular formula is C16H23N3O. The molecule has 0 aliphatic carbocycles. The first kappa shape index (κ1) is 13.6. The number of imidazole rings is 1. The Morgan fingerprint density at radius 3 is 2.55 bits per heavy atom. The molecule has 2 aromatic rings. The van der Waals surface area contributed by atoms with Crippen molar-refractivity contribution in [2.45, 2.75) is 39.8 Å². The SMILES string of the molecule is Cc1cc2nc(CN3CCCC3)n(CCO)c2cc1C. The van der Waals surface area contributed by atoms with Crippen LogP contribution < -0.4 is 0 Å². The van der Waals surface area contributed by atoms with Gasteiger partial charge in [0.15, 0.2) is 0 Å². The molecule has 4 heteroatoms. The number of hydrogen-bond acceptors (Lipinski definition) is 3. The fraction of sp³-hybridized carbons (Fsp3) is 0.562. The molecule has 1 aromatic heterocycles. The van der Waals surface area contributed by atoms with Crippen LogP contribution in [0.5, 0.6) is 0 Å². The van der Waals surface area contributed by atoms with Gasteiger partial charge in [-0.3, -0.25) is 4.90 Å². The Morgan fingerprint density at radius 2 is 1.85 bits per heavy atom. The van der Waals surface area contributed by atoms with Crippen molar-refractivity contribution in [2.24, 2.45) is 0 Å². The smallest absolute Gasteiger partial charge is 0.124 e. The summed E-state index contributed by atoms with van der Waals surface area (Å²) in [5.41, 5.74) is 4.76. The summed E-state index contributed by atoms with van der Waals surface area (Å²) in [5, 5.41) is 9.34. The molecule has 1 fully saturated rings. The van der Waals surface area contributed by atoms with E-state index in [0.29, 0.717) is 6.54 Å². The van der Waals surface area contributed by atoms with Gasteiger partial charge in [0.05, 0.1) is 24.2 Å². The molecule has 0 atom stereocenters. The highest BCUT2D eigenvalue weighted by Gasteiger charge is 2.17. The van der Waals surface area contributed by atoms with E-state index in [9.17, 15) is 5.11 Å². The highest BCUT2D eigenvalue weighted by molar-refractivity contribution is 5.78. The van der Waals surface area contributed by atoms with Crippen LogP contribution in [0.25, 0.3) is 11.0 Å². The largest absolute Gasteiger partial charge is 0.395 e. The van der Waals surface area contributed by atoms with Crippen LogP contribution in [0.4, 0.5) is 0 Å². The Balaban J connectivity index is 2.02. The monoisotopic (exact) mass is 273 g/mol. The summed E-state index contributed by atoms with van der Waals surface area (Å²) in [7, 11) is 0. The molecule has 20 heavy (non-hydrogen) atoms. The van der Waals surface area contributed by atoms with Crippen LogP contribution in [0.2, 0.25) is 0 Å². The Bertz CT molecular complexity index is 612. The number of rotatable bonds is 4. The number of fused-ring (bicyclic) bond motifs is 1. The predicted octanol–water partition coefficient (Wildman–Crippen LogP) is 2.24. The van der Waals surface area contributed by atoms with E-state index in [1.54, 1.807) is 0 Å². The predicted molar refractivity (Wildman–Crippen MR) is 80.8 cm³/mol. The molecule has 0 spiro atoms. The number of aliphatic hydroxyl groups excluding tert-OH is 1. The van der Waals surface area contributed by atoms with Gasteiger partial charge in [0, 0.05) is 6.54 Å². The van der Waals surface area contributed by atoms with Crippen LogP contribution in [-0.4, -0.2) is 39.3 Å². The second-order valence-corrected chi connectivity index (χ2v) is 5.81. The van der Waals surface area contributed by atoms with E-state index in [1.807, 2.05) is 0 Å². The zero-order valence-electron chi connectivity index (χ0n) is 12.4. The van der Waals surface area contributed by atoms with E-state index in [1.165, 1.54) is 37.1 Å². The summed E-state index contributed by atoms with van der Waals surface area (Å²) < 4.78 is 2.18. The van der Waals surface area contributed by atoms with E-state index in [2.05, 4.69) is 35.4 Å². The molecule has 1 aromatic carbocycles. The van der Waals surface area contributed by atoms with Crippen molar-refractivity contribution in [3.8, 4) is 0 Å². The summed E-state index contributed by atoms with van der Waals surface area (Å²) in [4.78, 5) is 7.26. The average molecular weight is 273 g/mol. The van der Waals surface area contributed by atoms with Gasteiger partial charge < -0.3 is 9.67 Å². The highest BCUT2D eigenvalue weighted by atomic mass is 16.3. The lowest BCUT2D eigenvalue weighted by molar-refractivity contribution is 0.268. The third-order valence-electron chi connectivity index (χ3n) is 4.33. The van der Waals surface area contributed by atoms with Crippen LogP contribution >= 0.6 is 0 Å². The molecule has 0 unspecified atom stereocenters. The summed E-state index contributed by atoms with van der Waals surface area (Å²) >= 11 is 0. The lowest BCUT2D eigenvalue weighted by Gasteiger charge is -2.15. The quantitative estimate of drug-likeness (QED) is 0.929. The number of aryl methyl sites for hydroxylation is 2. The van der Waals surface area contributed by atoms with Gasteiger partial charge in [-0.05, 0) is 63.0 Å². The number of hydrogen-bond donors (Lipinski definition) is 1. The summed E-state index contributed by atoms with van der Waals surface area (Å²) in [5.74, 6) is 1.08. The first-order chi connectivity index (χ1) is 9.69. The van der Waals surface area contributed by atoms with E-state index in [4.69, 9.17) is 4.98 Å². The minimum Gasteiger partial charge on any atom is -0.395 e. The summed E-state index contributed by atoms with van der Waals surface area (Å²) in [6.07, 6.45) is 2.58. The van der Waals surface area contributed by atoms with Gasteiger partial charge >= 0.3 is 0 Å². The molecule has 108 valence electrons.